The van der Waals surface area contributed by atoms with Gasteiger partial charge in [-0.15, -0.1) is 11.8 Å². The van der Waals surface area contributed by atoms with Gasteiger partial charge in [-0.25, -0.2) is 9.69 Å². The number of nitrogens with one attached hydrogen (secondary N) is 1. The minimum Gasteiger partial charge on any atom is -0.478 e. The molecule has 3 amide bonds. The number of thioether (sulfide) groups is 1. The molecule has 2 aromatic rings. The number of carbonyl (C=O) groups is 4. The van der Waals surface area contributed by atoms with E-state index in [9.17, 15) is 19.2 Å². The number of hydrogen-bond acceptors (Lipinski definition) is 5. The first kappa shape index (κ1) is 21.9. The monoisotopic (exact) mass is 464 g/mol. The normalized spacial score (nSPS) is 16.3. The van der Waals surface area contributed by atoms with Gasteiger partial charge in [-0.05, 0) is 36.4 Å². The number of benzene rings is 2. The molecule has 0 aromatic heterocycles. The molecule has 154 valence electrons. The number of imide groups is 1. The summed E-state index contributed by atoms with van der Waals surface area (Å²) in [5.74, 6) is -2.55. The number of aliphatic carboxylic acids is 1. The van der Waals surface area contributed by atoms with Crippen LogP contribution in [0.5, 0.6) is 0 Å². The van der Waals surface area contributed by atoms with E-state index in [-0.39, 0.29) is 23.3 Å². The van der Waals surface area contributed by atoms with Gasteiger partial charge in [0.15, 0.2) is 0 Å². The van der Waals surface area contributed by atoms with Gasteiger partial charge in [-0.1, -0.05) is 29.3 Å². The summed E-state index contributed by atoms with van der Waals surface area (Å²) in [6, 6.07) is 11.2. The lowest BCUT2D eigenvalue weighted by atomic mass is 10.3. The molecule has 0 aliphatic carbocycles. The van der Waals surface area contributed by atoms with E-state index in [2.05, 4.69) is 5.32 Å². The molecule has 0 unspecified atom stereocenters. The van der Waals surface area contributed by atoms with Gasteiger partial charge in [0.25, 0.3) is 0 Å². The van der Waals surface area contributed by atoms with E-state index in [0.717, 1.165) is 17.1 Å². The standard InChI is InChI=1S/C20H14Cl2N2O5S/c21-14-5-4-12(9-15(14)22)24-18(26)10-16(20(24)29)30-13-3-1-2-11(8-13)23-17(25)6-7-19(27)28/h1-9,16H,10H2,(H,23,25)(H,27,28)/b7-6+/t16-/m0/s1. The van der Waals surface area contributed by atoms with Crippen molar-refractivity contribution in [2.24, 2.45) is 0 Å². The largest absolute Gasteiger partial charge is 0.478 e. The minimum absolute atomic E-state index is 0.0156. The Hall–Kier alpha value is -2.81. The Bertz CT molecular complexity index is 1070. The summed E-state index contributed by atoms with van der Waals surface area (Å²) in [4.78, 5) is 49.2. The molecular weight excluding hydrogens is 451 g/mol. The Morgan fingerprint density at radius 3 is 2.57 bits per heavy atom. The van der Waals surface area contributed by atoms with E-state index < -0.39 is 17.1 Å². The van der Waals surface area contributed by atoms with Crippen LogP contribution in [0.15, 0.2) is 59.5 Å². The zero-order valence-corrected chi connectivity index (χ0v) is 17.5. The molecule has 2 N–H and O–H groups in total. The number of nitrogens with zero attached hydrogens (tertiary/aromatic N) is 1. The van der Waals surface area contributed by atoms with Crippen LogP contribution >= 0.6 is 35.0 Å². The van der Waals surface area contributed by atoms with E-state index in [1.807, 2.05) is 0 Å². The van der Waals surface area contributed by atoms with Gasteiger partial charge >= 0.3 is 5.97 Å². The predicted octanol–water partition coefficient (Wildman–Crippen LogP) is 4.00. The van der Waals surface area contributed by atoms with Crippen LogP contribution < -0.4 is 10.2 Å². The SMILES string of the molecule is O=C(O)/C=C/C(=O)Nc1cccc(S[C@H]2CC(=O)N(c3ccc(Cl)c(Cl)c3)C2=O)c1. The van der Waals surface area contributed by atoms with Crippen LogP contribution in [0.1, 0.15) is 6.42 Å². The highest BCUT2D eigenvalue weighted by atomic mass is 35.5. The number of amides is 3. The first-order valence-electron chi connectivity index (χ1n) is 8.55. The third-order valence-corrected chi connectivity index (χ3v) is 5.94. The van der Waals surface area contributed by atoms with Gasteiger partial charge < -0.3 is 10.4 Å². The van der Waals surface area contributed by atoms with Crippen molar-refractivity contribution in [1.82, 2.24) is 0 Å². The number of carboxylic acids is 1. The zero-order chi connectivity index (χ0) is 21.8. The average molecular weight is 465 g/mol. The summed E-state index contributed by atoms with van der Waals surface area (Å²) >= 11 is 13.1. The second-order valence-electron chi connectivity index (χ2n) is 6.17. The number of halogens is 2. The molecule has 1 aliphatic rings. The Morgan fingerprint density at radius 1 is 1.10 bits per heavy atom. The number of rotatable bonds is 6. The third-order valence-electron chi connectivity index (χ3n) is 4.02. The molecule has 0 spiro atoms. The molecule has 1 heterocycles. The highest BCUT2D eigenvalue weighted by Gasteiger charge is 2.40. The Balaban J connectivity index is 1.71. The molecule has 7 nitrogen and oxygen atoms in total. The number of carbonyl (C=O) groups excluding carboxylic acids is 3. The van der Waals surface area contributed by atoms with Crippen molar-refractivity contribution >= 4 is 70.0 Å². The Kier molecular flexibility index (Phi) is 6.81. The van der Waals surface area contributed by atoms with Crippen molar-refractivity contribution in [3.63, 3.8) is 0 Å². The smallest absolute Gasteiger partial charge is 0.328 e. The first-order chi connectivity index (χ1) is 14.2. The zero-order valence-electron chi connectivity index (χ0n) is 15.2. The van der Waals surface area contributed by atoms with Crippen LogP contribution in [0.3, 0.4) is 0 Å². The van der Waals surface area contributed by atoms with Crippen molar-refractivity contribution in [3.05, 3.63) is 64.7 Å². The lowest BCUT2D eigenvalue weighted by Gasteiger charge is -2.15. The minimum atomic E-state index is -1.23. The highest BCUT2D eigenvalue weighted by Crippen LogP contribution is 2.36. The molecule has 1 fully saturated rings. The average Bonchev–Trinajstić information content (AvgIpc) is 2.96. The second-order valence-corrected chi connectivity index (χ2v) is 8.26. The van der Waals surface area contributed by atoms with Gasteiger partial charge in [0.2, 0.25) is 17.7 Å². The van der Waals surface area contributed by atoms with E-state index >= 15 is 0 Å². The van der Waals surface area contributed by atoms with E-state index in [1.54, 1.807) is 30.3 Å². The fourth-order valence-corrected chi connectivity index (χ4v) is 4.14. The van der Waals surface area contributed by atoms with E-state index in [1.165, 1.54) is 23.9 Å². The van der Waals surface area contributed by atoms with Crippen LogP contribution in [0.25, 0.3) is 0 Å². The molecule has 0 radical (unpaired) electrons. The van der Waals surface area contributed by atoms with Crippen molar-refractivity contribution in [1.29, 1.82) is 0 Å². The van der Waals surface area contributed by atoms with Gasteiger partial charge in [0.1, 0.15) is 0 Å². The molecule has 1 aliphatic heterocycles. The summed E-state index contributed by atoms with van der Waals surface area (Å²) in [7, 11) is 0. The van der Waals surface area contributed by atoms with Crippen molar-refractivity contribution in [2.75, 3.05) is 10.2 Å². The topological polar surface area (TPSA) is 104 Å². The van der Waals surface area contributed by atoms with Crippen molar-refractivity contribution in [2.45, 2.75) is 16.6 Å². The van der Waals surface area contributed by atoms with Crippen LogP contribution in [-0.4, -0.2) is 34.0 Å². The molecule has 0 saturated carbocycles. The van der Waals surface area contributed by atoms with Crippen molar-refractivity contribution in [3.8, 4) is 0 Å². The van der Waals surface area contributed by atoms with Gasteiger partial charge in [-0.3, -0.25) is 14.4 Å². The van der Waals surface area contributed by atoms with Crippen LogP contribution in [0.4, 0.5) is 11.4 Å². The van der Waals surface area contributed by atoms with Gasteiger partial charge in [0.05, 0.1) is 21.0 Å². The summed E-state index contributed by atoms with van der Waals surface area (Å²) in [5, 5.41) is 11.0. The molecule has 10 heteroatoms. The maximum atomic E-state index is 12.8. The summed E-state index contributed by atoms with van der Waals surface area (Å²) in [5.41, 5.74) is 0.784. The molecule has 0 bridgehead atoms. The molecule has 30 heavy (non-hydrogen) atoms. The summed E-state index contributed by atoms with van der Waals surface area (Å²) in [6.07, 6.45) is 1.65. The molecule has 2 aromatic carbocycles. The lowest BCUT2D eigenvalue weighted by Crippen LogP contribution is -2.31. The Morgan fingerprint density at radius 2 is 1.87 bits per heavy atom. The van der Waals surface area contributed by atoms with Gasteiger partial charge in [-0.2, -0.15) is 0 Å². The summed E-state index contributed by atoms with van der Waals surface area (Å²) < 4.78 is 0. The number of anilines is 2. The maximum absolute atomic E-state index is 12.8. The molecule has 1 atom stereocenters. The Labute approximate surface area is 185 Å². The van der Waals surface area contributed by atoms with Crippen LogP contribution in [-0.2, 0) is 19.2 Å². The maximum Gasteiger partial charge on any atom is 0.328 e. The third kappa shape index (κ3) is 5.21. The second kappa shape index (κ2) is 9.34. The first-order valence-corrected chi connectivity index (χ1v) is 10.2. The van der Waals surface area contributed by atoms with Crippen molar-refractivity contribution < 1.29 is 24.3 Å². The number of hydrogen-bond donors (Lipinski definition) is 2. The molecular formula is C20H14Cl2N2O5S. The molecule has 3 rings (SSSR count). The van der Waals surface area contributed by atoms with Crippen LogP contribution in [0.2, 0.25) is 10.0 Å². The number of carboxylic acid groups (broad SMARTS) is 1. The van der Waals surface area contributed by atoms with E-state index in [0.29, 0.717) is 21.3 Å². The van der Waals surface area contributed by atoms with Crippen LogP contribution in [0, 0.1) is 0 Å². The fourth-order valence-electron chi connectivity index (χ4n) is 2.73. The highest BCUT2D eigenvalue weighted by molar-refractivity contribution is 8.00. The quantitative estimate of drug-likeness (QED) is 0.494. The fraction of sp³-hybridized carbons (Fsp3) is 0.100. The molecule has 1 saturated heterocycles. The predicted molar refractivity (Wildman–Crippen MR) is 115 cm³/mol. The van der Waals surface area contributed by atoms with E-state index in [4.69, 9.17) is 28.3 Å². The van der Waals surface area contributed by atoms with Gasteiger partial charge in [0, 0.05) is 29.2 Å². The lowest BCUT2D eigenvalue weighted by molar-refractivity contribution is -0.131. The summed E-state index contributed by atoms with van der Waals surface area (Å²) in [6.45, 7) is 0.